The van der Waals surface area contributed by atoms with E-state index in [-0.39, 0.29) is 0 Å². The molecule has 0 radical (unpaired) electrons. The van der Waals surface area contributed by atoms with Gasteiger partial charge in [-0.3, -0.25) is 9.80 Å². The minimum absolute atomic E-state index is 0.725. The topological polar surface area (TPSA) is 32.5 Å². The summed E-state index contributed by atoms with van der Waals surface area (Å²) in [7, 11) is 0. The molecular formula is C17H27N3. The van der Waals surface area contributed by atoms with Crippen molar-refractivity contribution in [3.63, 3.8) is 0 Å². The first kappa shape index (κ1) is 14.1. The monoisotopic (exact) mass is 273 g/mol. The van der Waals surface area contributed by atoms with E-state index in [0.717, 1.165) is 31.7 Å². The Morgan fingerprint density at radius 1 is 1.15 bits per heavy atom. The highest BCUT2D eigenvalue weighted by Crippen LogP contribution is 2.30. The maximum atomic E-state index is 5.74. The van der Waals surface area contributed by atoms with Crippen LogP contribution in [-0.4, -0.2) is 48.1 Å². The summed E-state index contributed by atoms with van der Waals surface area (Å²) < 4.78 is 0. The summed E-state index contributed by atoms with van der Waals surface area (Å²) in [5.41, 5.74) is 7.19. The molecule has 1 unspecified atom stereocenters. The highest BCUT2D eigenvalue weighted by Gasteiger charge is 2.33. The lowest BCUT2D eigenvalue weighted by molar-refractivity contribution is 0.163. The van der Waals surface area contributed by atoms with Crippen LogP contribution in [-0.2, 0) is 6.54 Å². The molecule has 1 atom stereocenters. The molecule has 3 heteroatoms. The minimum atomic E-state index is 0.725. The number of nitrogens with two attached hydrogens (primary N) is 1. The van der Waals surface area contributed by atoms with E-state index in [2.05, 4.69) is 40.1 Å². The third-order valence-electron chi connectivity index (χ3n) is 4.65. The van der Waals surface area contributed by atoms with Gasteiger partial charge in [0.15, 0.2) is 0 Å². The lowest BCUT2D eigenvalue weighted by Crippen LogP contribution is -2.42. The molecule has 1 aromatic carbocycles. The third-order valence-corrected chi connectivity index (χ3v) is 4.65. The van der Waals surface area contributed by atoms with Gasteiger partial charge in [-0.05, 0) is 37.8 Å². The molecule has 0 aromatic heterocycles. The highest BCUT2D eigenvalue weighted by atomic mass is 15.3. The Hall–Kier alpha value is -0.900. The Morgan fingerprint density at radius 3 is 2.65 bits per heavy atom. The van der Waals surface area contributed by atoms with Crippen molar-refractivity contribution in [1.82, 2.24) is 9.80 Å². The number of benzene rings is 1. The van der Waals surface area contributed by atoms with Crippen molar-refractivity contribution in [2.75, 3.05) is 26.2 Å². The molecule has 3 nitrogen and oxygen atoms in total. The highest BCUT2D eigenvalue weighted by molar-refractivity contribution is 5.15. The predicted molar refractivity (Wildman–Crippen MR) is 83.5 cm³/mol. The van der Waals surface area contributed by atoms with Crippen molar-refractivity contribution < 1.29 is 0 Å². The van der Waals surface area contributed by atoms with Gasteiger partial charge in [-0.25, -0.2) is 0 Å². The molecule has 1 aliphatic carbocycles. The molecule has 1 saturated heterocycles. The van der Waals surface area contributed by atoms with E-state index < -0.39 is 0 Å². The van der Waals surface area contributed by atoms with Crippen molar-refractivity contribution in [1.29, 1.82) is 0 Å². The average molecular weight is 273 g/mol. The Kier molecular flexibility index (Phi) is 4.71. The van der Waals surface area contributed by atoms with E-state index in [9.17, 15) is 0 Å². The zero-order valence-electron chi connectivity index (χ0n) is 12.4. The van der Waals surface area contributed by atoms with Gasteiger partial charge >= 0.3 is 0 Å². The van der Waals surface area contributed by atoms with Crippen LogP contribution in [0.25, 0.3) is 0 Å². The first-order valence-electron chi connectivity index (χ1n) is 8.09. The molecule has 2 fully saturated rings. The van der Waals surface area contributed by atoms with E-state index in [1.807, 2.05) is 0 Å². The number of rotatable bonds is 7. The van der Waals surface area contributed by atoms with E-state index in [1.54, 1.807) is 0 Å². The summed E-state index contributed by atoms with van der Waals surface area (Å²) in [6, 6.07) is 12.5. The quantitative estimate of drug-likeness (QED) is 0.825. The van der Waals surface area contributed by atoms with Gasteiger partial charge in [0.05, 0.1) is 0 Å². The maximum Gasteiger partial charge on any atom is 0.0237 e. The Labute approximate surface area is 122 Å². The number of hydrogen-bond acceptors (Lipinski definition) is 3. The molecule has 1 heterocycles. The van der Waals surface area contributed by atoms with E-state index in [0.29, 0.717) is 0 Å². The van der Waals surface area contributed by atoms with Crippen molar-refractivity contribution in [3.05, 3.63) is 35.9 Å². The summed E-state index contributed by atoms with van der Waals surface area (Å²) in [6.45, 7) is 5.43. The van der Waals surface area contributed by atoms with Gasteiger partial charge in [0.1, 0.15) is 0 Å². The van der Waals surface area contributed by atoms with Gasteiger partial charge in [-0.2, -0.15) is 0 Å². The molecule has 1 aromatic rings. The van der Waals surface area contributed by atoms with Crippen LogP contribution < -0.4 is 5.73 Å². The molecule has 0 spiro atoms. The first-order chi connectivity index (χ1) is 9.86. The second-order valence-electron chi connectivity index (χ2n) is 6.27. The molecule has 0 bridgehead atoms. The summed E-state index contributed by atoms with van der Waals surface area (Å²) in [5.74, 6) is 0. The minimum Gasteiger partial charge on any atom is -0.329 e. The van der Waals surface area contributed by atoms with Gasteiger partial charge in [0.25, 0.3) is 0 Å². The van der Waals surface area contributed by atoms with E-state index >= 15 is 0 Å². The van der Waals surface area contributed by atoms with Crippen molar-refractivity contribution >= 4 is 0 Å². The fourth-order valence-corrected chi connectivity index (χ4v) is 3.43. The number of nitrogens with zero attached hydrogens (tertiary/aromatic N) is 2. The van der Waals surface area contributed by atoms with Gasteiger partial charge in [-0.15, -0.1) is 0 Å². The van der Waals surface area contributed by atoms with E-state index in [4.69, 9.17) is 5.73 Å². The van der Waals surface area contributed by atoms with Crippen molar-refractivity contribution in [3.8, 4) is 0 Å². The van der Waals surface area contributed by atoms with Crippen LogP contribution in [0.15, 0.2) is 30.3 Å². The van der Waals surface area contributed by atoms with Gasteiger partial charge in [0.2, 0.25) is 0 Å². The molecular weight excluding hydrogens is 246 g/mol. The maximum absolute atomic E-state index is 5.74. The molecule has 1 aliphatic heterocycles. The summed E-state index contributed by atoms with van der Waals surface area (Å²) in [6.07, 6.45) is 5.46. The lowest BCUT2D eigenvalue weighted by Gasteiger charge is -2.30. The lowest BCUT2D eigenvalue weighted by atomic mass is 10.1. The summed E-state index contributed by atoms with van der Waals surface area (Å²) in [4.78, 5) is 5.30. The van der Waals surface area contributed by atoms with Crippen LogP contribution >= 0.6 is 0 Å². The van der Waals surface area contributed by atoms with Crippen LogP contribution in [0.4, 0.5) is 0 Å². The van der Waals surface area contributed by atoms with Crippen molar-refractivity contribution in [2.24, 2.45) is 5.73 Å². The fraction of sp³-hybridized carbons (Fsp3) is 0.647. The zero-order chi connectivity index (χ0) is 13.8. The van der Waals surface area contributed by atoms with Gasteiger partial charge in [-0.1, -0.05) is 30.3 Å². The SMILES string of the molecule is NCCN1CCCC1CN(Cc1ccccc1)C1CC1. The van der Waals surface area contributed by atoms with Crippen molar-refractivity contribution in [2.45, 2.75) is 44.3 Å². The third kappa shape index (κ3) is 3.60. The average Bonchev–Trinajstić information content (AvgIpc) is 3.23. The molecule has 2 aliphatic rings. The molecule has 3 rings (SSSR count). The second-order valence-corrected chi connectivity index (χ2v) is 6.27. The molecule has 1 saturated carbocycles. The Morgan fingerprint density at radius 2 is 1.95 bits per heavy atom. The molecule has 20 heavy (non-hydrogen) atoms. The number of hydrogen-bond donors (Lipinski definition) is 1. The number of likely N-dealkylation sites (tertiary alicyclic amines) is 1. The van der Waals surface area contributed by atoms with Crippen LogP contribution in [0.1, 0.15) is 31.2 Å². The predicted octanol–water partition coefficient (Wildman–Crippen LogP) is 2.07. The fourth-order valence-electron chi connectivity index (χ4n) is 3.43. The summed E-state index contributed by atoms with van der Waals surface area (Å²) >= 11 is 0. The largest absolute Gasteiger partial charge is 0.329 e. The molecule has 0 amide bonds. The standard InChI is InChI=1S/C17H27N3/c18-10-12-19-11-4-7-17(19)14-20(16-8-9-16)13-15-5-2-1-3-6-15/h1-3,5-6,16-17H,4,7-14,18H2. The van der Waals surface area contributed by atoms with Gasteiger partial charge < -0.3 is 5.73 Å². The Balaban J connectivity index is 1.60. The molecule has 2 N–H and O–H groups in total. The van der Waals surface area contributed by atoms with Crippen LogP contribution in [0.3, 0.4) is 0 Å². The van der Waals surface area contributed by atoms with Crippen LogP contribution in [0.5, 0.6) is 0 Å². The zero-order valence-corrected chi connectivity index (χ0v) is 12.4. The van der Waals surface area contributed by atoms with E-state index in [1.165, 1.54) is 44.3 Å². The smallest absolute Gasteiger partial charge is 0.0237 e. The van der Waals surface area contributed by atoms with Crippen LogP contribution in [0, 0.1) is 0 Å². The Bertz CT molecular complexity index is 402. The first-order valence-corrected chi connectivity index (χ1v) is 8.09. The molecule has 110 valence electrons. The van der Waals surface area contributed by atoms with Crippen LogP contribution in [0.2, 0.25) is 0 Å². The second kappa shape index (κ2) is 6.70. The normalized spacial score (nSPS) is 23.6. The van der Waals surface area contributed by atoms with Gasteiger partial charge in [0, 0.05) is 38.3 Å². The summed E-state index contributed by atoms with van der Waals surface area (Å²) in [5, 5.41) is 0.